The van der Waals surface area contributed by atoms with Gasteiger partial charge in [0.25, 0.3) is 5.56 Å². The van der Waals surface area contributed by atoms with Crippen LogP contribution in [0.15, 0.2) is 41.2 Å². The van der Waals surface area contributed by atoms with E-state index in [0.717, 1.165) is 0 Å². The molecule has 1 unspecified atom stereocenters. The van der Waals surface area contributed by atoms with Gasteiger partial charge in [-0.15, -0.1) is 5.10 Å². The van der Waals surface area contributed by atoms with Gasteiger partial charge in [-0.25, -0.2) is 4.68 Å². The van der Waals surface area contributed by atoms with E-state index in [1.54, 1.807) is 31.4 Å². The van der Waals surface area contributed by atoms with Gasteiger partial charge in [-0.05, 0) is 17.7 Å². The first-order chi connectivity index (χ1) is 9.63. The van der Waals surface area contributed by atoms with Crippen molar-refractivity contribution in [3.05, 3.63) is 52.3 Å². The lowest BCUT2D eigenvalue weighted by molar-refractivity contribution is 0.147. The van der Waals surface area contributed by atoms with Crippen molar-refractivity contribution in [3.8, 4) is 11.6 Å². The quantitative estimate of drug-likeness (QED) is 0.881. The number of methoxy groups -OCH3 is 2. The summed E-state index contributed by atoms with van der Waals surface area (Å²) < 4.78 is 11.2. The van der Waals surface area contributed by atoms with Crippen LogP contribution in [0.5, 0.6) is 11.6 Å². The molecule has 0 radical (unpaired) electrons. The largest absolute Gasteiger partial charge is 0.497 e. The molecule has 0 fully saturated rings. The number of hydrogen-bond donors (Lipinski definition) is 1. The molecule has 1 aromatic carbocycles. The molecule has 1 aromatic heterocycles. The van der Waals surface area contributed by atoms with Crippen LogP contribution >= 0.6 is 0 Å². The summed E-state index contributed by atoms with van der Waals surface area (Å²) in [5, 5.41) is 14.2. The van der Waals surface area contributed by atoms with Crippen molar-refractivity contribution in [2.24, 2.45) is 0 Å². The fraction of sp³-hybridized carbons (Fsp3) is 0.286. The SMILES string of the molecule is COc1cccc(C(O)Cn2nc(OC)ccc2=O)c1. The number of aliphatic hydroxyl groups is 1. The molecular formula is C14H16N2O4. The second-order valence-electron chi connectivity index (χ2n) is 4.19. The number of hydrogen-bond acceptors (Lipinski definition) is 5. The third-order valence-corrected chi connectivity index (χ3v) is 2.88. The lowest BCUT2D eigenvalue weighted by atomic mass is 10.1. The standard InChI is InChI=1S/C14H16N2O4/c1-19-11-5-3-4-10(8-11)12(17)9-16-14(18)7-6-13(15-16)20-2/h3-8,12,17H,9H2,1-2H3. The number of benzene rings is 1. The van der Waals surface area contributed by atoms with Crippen molar-refractivity contribution in [1.82, 2.24) is 9.78 Å². The van der Waals surface area contributed by atoms with E-state index < -0.39 is 6.10 Å². The molecule has 0 saturated carbocycles. The molecular weight excluding hydrogens is 260 g/mol. The Morgan fingerprint density at radius 2 is 2.05 bits per heavy atom. The van der Waals surface area contributed by atoms with Crippen LogP contribution in [0, 0.1) is 0 Å². The Morgan fingerprint density at radius 1 is 1.25 bits per heavy atom. The summed E-state index contributed by atoms with van der Waals surface area (Å²) in [4.78, 5) is 11.7. The molecule has 1 atom stereocenters. The Hall–Kier alpha value is -2.34. The first-order valence-electron chi connectivity index (χ1n) is 6.08. The summed E-state index contributed by atoms with van der Waals surface area (Å²) in [5.41, 5.74) is 0.355. The lowest BCUT2D eigenvalue weighted by Gasteiger charge is -2.13. The molecule has 0 spiro atoms. The molecule has 2 aromatic rings. The fourth-order valence-electron chi connectivity index (χ4n) is 1.79. The predicted molar refractivity (Wildman–Crippen MR) is 73.0 cm³/mol. The van der Waals surface area contributed by atoms with Crippen molar-refractivity contribution < 1.29 is 14.6 Å². The number of aromatic nitrogens is 2. The Morgan fingerprint density at radius 3 is 2.75 bits per heavy atom. The van der Waals surface area contributed by atoms with Gasteiger partial charge in [0, 0.05) is 12.1 Å². The molecule has 0 bridgehead atoms. The molecule has 6 heteroatoms. The van der Waals surface area contributed by atoms with Crippen LogP contribution < -0.4 is 15.0 Å². The molecule has 106 valence electrons. The zero-order chi connectivity index (χ0) is 14.5. The van der Waals surface area contributed by atoms with E-state index in [1.165, 1.54) is 23.9 Å². The van der Waals surface area contributed by atoms with Crippen LogP contribution in [0.4, 0.5) is 0 Å². The van der Waals surface area contributed by atoms with Gasteiger partial charge < -0.3 is 14.6 Å². The highest BCUT2D eigenvalue weighted by molar-refractivity contribution is 5.29. The zero-order valence-corrected chi connectivity index (χ0v) is 11.3. The molecule has 0 aliphatic carbocycles. The van der Waals surface area contributed by atoms with E-state index in [2.05, 4.69) is 5.10 Å². The molecule has 2 rings (SSSR count). The molecule has 0 aliphatic rings. The van der Waals surface area contributed by atoms with E-state index in [1.807, 2.05) is 0 Å². The zero-order valence-electron chi connectivity index (χ0n) is 11.3. The van der Waals surface area contributed by atoms with Crippen molar-refractivity contribution in [2.75, 3.05) is 14.2 Å². The average molecular weight is 276 g/mol. The van der Waals surface area contributed by atoms with Crippen LogP contribution in [-0.4, -0.2) is 29.1 Å². The van der Waals surface area contributed by atoms with Gasteiger partial charge in [0.15, 0.2) is 0 Å². The van der Waals surface area contributed by atoms with E-state index in [9.17, 15) is 9.90 Å². The van der Waals surface area contributed by atoms with E-state index >= 15 is 0 Å². The molecule has 20 heavy (non-hydrogen) atoms. The highest BCUT2D eigenvalue weighted by atomic mass is 16.5. The summed E-state index contributed by atoms with van der Waals surface area (Å²) in [6, 6.07) is 9.88. The molecule has 0 aliphatic heterocycles. The van der Waals surface area contributed by atoms with Crippen molar-refractivity contribution in [3.63, 3.8) is 0 Å². The third-order valence-electron chi connectivity index (χ3n) is 2.88. The minimum absolute atomic E-state index is 0.0448. The summed E-state index contributed by atoms with van der Waals surface area (Å²) in [5.74, 6) is 0.968. The van der Waals surface area contributed by atoms with Crippen molar-refractivity contribution in [1.29, 1.82) is 0 Å². The van der Waals surface area contributed by atoms with E-state index in [0.29, 0.717) is 17.2 Å². The smallest absolute Gasteiger partial charge is 0.267 e. The van der Waals surface area contributed by atoms with Crippen molar-refractivity contribution >= 4 is 0 Å². The number of ether oxygens (including phenoxy) is 2. The van der Waals surface area contributed by atoms with Crippen molar-refractivity contribution in [2.45, 2.75) is 12.6 Å². The summed E-state index contributed by atoms with van der Waals surface area (Å²) in [7, 11) is 3.02. The summed E-state index contributed by atoms with van der Waals surface area (Å²) in [6.45, 7) is 0.0448. The maximum Gasteiger partial charge on any atom is 0.267 e. The summed E-state index contributed by atoms with van der Waals surface area (Å²) in [6.07, 6.45) is -0.859. The fourth-order valence-corrected chi connectivity index (χ4v) is 1.79. The molecule has 1 N–H and O–H groups in total. The highest BCUT2D eigenvalue weighted by Gasteiger charge is 2.11. The van der Waals surface area contributed by atoms with Gasteiger partial charge in [0.05, 0.1) is 26.9 Å². The number of nitrogens with zero attached hydrogens (tertiary/aromatic N) is 2. The van der Waals surface area contributed by atoms with Crippen LogP contribution in [0.2, 0.25) is 0 Å². The number of rotatable bonds is 5. The van der Waals surface area contributed by atoms with Gasteiger partial charge in [0.2, 0.25) is 5.88 Å². The lowest BCUT2D eigenvalue weighted by Crippen LogP contribution is -2.25. The molecule has 0 amide bonds. The van der Waals surface area contributed by atoms with Crippen LogP contribution in [0.25, 0.3) is 0 Å². The van der Waals surface area contributed by atoms with Crippen LogP contribution in [0.3, 0.4) is 0 Å². The van der Waals surface area contributed by atoms with Gasteiger partial charge in [-0.2, -0.15) is 0 Å². The number of aliphatic hydroxyl groups excluding tert-OH is 1. The average Bonchev–Trinajstić information content (AvgIpc) is 2.49. The Kier molecular flexibility index (Phi) is 4.37. The van der Waals surface area contributed by atoms with Crippen LogP contribution in [-0.2, 0) is 6.54 Å². The van der Waals surface area contributed by atoms with E-state index in [-0.39, 0.29) is 12.1 Å². The molecule has 0 saturated heterocycles. The van der Waals surface area contributed by atoms with Gasteiger partial charge in [0.1, 0.15) is 5.75 Å². The minimum atomic E-state index is -0.859. The second kappa shape index (κ2) is 6.21. The molecule has 6 nitrogen and oxygen atoms in total. The highest BCUT2D eigenvalue weighted by Crippen LogP contribution is 2.19. The third kappa shape index (κ3) is 3.16. The monoisotopic (exact) mass is 276 g/mol. The minimum Gasteiger partial charge on any atom is -0.497 e. The predicted octanol–water partition coefficient (Wildman–Crippen LogP) is 0.994. The van der Waals surface area contributed by atoms with E-state index in [4.69, 9.17) is 9.47 Å². The normalized spacial score (nSPS) is 11.9. The molecule has 1 heterocycles. The second-order valence-corrected chi connectivity index (χ2v) is 4.19. The van der Waals surface area contributed by atoms with Crippen LogP contribution in [0.1, 0.15) is 11.7 Å². The maximum atomic E-state index is 11.7. The first-order valence-corrected chi connectivity index (χ1v) is 6.08. The Bertz CT molecular complexity index is 639. The maximum absolute atomic E-state index is 11.7. The Labute approximate surface area is 116 Å². The van der Waals surface area contributed by atoms with Gasteiger partial charge in [-0.3, -0.25) is 4.79 Å². The van der Waals surface area contributed by atoms with Gasteiger partial charge >= 0.3 is 0 Å². The van der Waals surface area contributed by atoms with Gasteiger partial charge in [-0.1, -0.05) is 12.1 Å². The summed E-state index contributed by atoms with van der Waals surface area (Å²) >= 11 is 0. The Balaban J connectivity index is 2.22. The first kappa shape index (κ1) is 14.1. The topological polar surface area (TPSA) is 73.6 Å².